The fraction of sp³-hybridized carbons (Fsp3) is 0.300. The smallest absolute Gasteiger partial charge is 0.247 e. The molecule has 0 saturated carbocycles. The van der Waals surface area contributed by atoms with Crippen LogP contribution in [-0.2, 0) is 4.79 Å². The van der Waals surface area contributed by atoms with E-state index in [9.17, 15) is 4.79 Å². The summed E-state index contributed by atoms with van der Waals surface area (Å²) in [7, 11) is 4.07. The molecule has 0 N–H and O–H groups in total. The van der Waals surface area contributed by atoms with Crippen molar-refractivity contribution >= 4 is 17.7 Å². The van der Waals surface area contributed by atoms with Crippen molar-refractivity contribution in [2.45, 2.75) is 18.9 Å². The number of hydrogen-bond acceptors (Lipinski definition) is 3. The van der Waals surface area contributed by atoms with Gasteiger partial charge in [-0.3, -0.25) is 9.78 Å². The Labute approximate surface area is 143 Å². The maximum Gasteiger partial charge on any atom is 0.247 e. The van der Waals surface area contributed by atoms with Crippen molar-refractivity contribution < 1.29 is 4.79 Å². The van der Waals surface area contributed by atoms with Crippen LogP contribution in [0.25, 0.3) is 6.08 Å². The quantitative estimate of drug-likeness (QED) is 0.808. The molecule has 3 rings (SSSR count). The van der Waals surface area contributed by atoms with Crippen LogP contribution in [0.3, 0.4) is 0 Å². The van der Waals surface area contributed by atoms with Gasteiger partial charge in [0.2, 0.25) is 5.91 Å². The second-order valence-corrected chi connectivity index (χ2v) is 6.30. The van der Waals surface area contributed by atoms with Gasteiger partial charge in [-0.2, -0.15) is 0 Å². The van der Waals surface area contributed by atoms with E-state index < -0.39 is 0 Å². The zero-order chi connectivity index (χ0) is 16.9. The van der Waals surface area contributed by atoms with Gasteiger partial charge in [-0.25, -0.2) is 0 Å². The van der Waals surface area contributed by atoms with E-state index in [1.807, 2.05) is 37.2 Å². The Morgan fingerprint density at radius 2 is 2.17 bits per heavy atom. The molecule has 1 aliphatic heterocycles. The highest BCUT2D eigenvalue weighted by atomic mass is 16.2. The van der Waals surface area contributed by atoms with Crippen LogP contribution in [0.4, 0.5) is 5.69 Å². The van der Waals surface area contributed by atoms with E-state index in [4.69, 9.17) is 0 Å². The number of hydrogen-bond donors (Lipinski definition) is 0. The van der Waals surface area contributed by atoms with Crippen LogP contribution in [0.5, 0.6) is 0 Å². The first kappa shape index (κ1) is 16.2. The number of pyridine rings is 1. The lowest BCUT2D eigenvalue weighted by Crippen LogP contribution is -2.29. The van der Waals surface area contributed by atoms with Crippen LogP contribution in [0, 0.1) is 0 Å². The molecular formula is C20H23N3O. The van der Waals surface area contributed by atoms with E-state index in [1.165, 1.54) is 5.56 Å². The summed E-state index contributed by atoms with van der Waals surface area (Å²) in [6, 6.07) is 12.4. The number of carbonyl (C=O) groups is 1. The van der Waals surface area contributed by atoms with Gasteiger partial charge in [-0.15, -0.1) is 0 Å². The van der Waals surface area contributed by atoms with Crippen molar-refractivity contribution in [3.63, 3.8) is 0 Å². The van der Waals surface area contributed by atoms with E-state index in [0.717, 1.165) is 30.6 Å². The molecule has 2 aromatic rings. The molecular weight excluding hydrogens is 298 g/mol. The van der Waals surface area contributed by atoms with E-state index in [2.05, 4.69) is 34.1 Å². The van der Waals surface area contributed by atoms with Crippen molar-refractivity contribution in [3.05, 3.63) is 66.0 Å². The molecule has 1 aliphatic rings. The van der Waals surface area contributed by atoms with Gasteiger partial charge < -0.3 is 9.80 Å². The lowest BCUT2D eigenvalue weighted by atomic mass is 10.0. The highest BCUT2D eigenvalue weighted by Crippen LogP contribution is 2.33. The van der Waals surface area contributed by atoms with Crippen LogP contribution in [0.1, 0.15) is 30.0 Å². The fourth-order valence-electron chi connectivity index (χ4n) is 3.13. The molecule has 124 valence electrons. The Balaban J connectivity index is 1.76. The van der Waals surface area contributed by atoms with Crippen LogP contribution < -0.4 is 4.90 Å². The van der Waals surface area contributed by atoms with Crippen molar-refractivity contribution in [2.24, 2.45) is 0 Å². The maximum atomic E-state index is 12.6. The molecule has 24 heavy (non-hydrogen) atoms. The first-order chi connectivity index (χ1) is 11.6. The Hall–Kier alpha value is -2.62. The summed E-state index contributed by atoms with van der Waals surface area (Å²) in [5, 5.41) is 0. The topological polar surface area (TPSA) is 36.4 Å². The molecule has 0 aliphatic carbocycles. The summed E-state index contributed by atoms with van der Waals surface area (Å²) in [4.78, 5) is 20.8. The highest BCUT2D eigenvalue weighted by Gasteiger charge is 2.28. The zero-order valence-corrected chi connectivity index (χ0v) is 14.2. The van der Waals surface area contributed by atoms with Gasteiger partial charge in [0.05, 0.1) is 6.04 Å². The van der Waals surface area contributed by atoms with Crippen molar-refractivity contribution in [1.29, 1.82) is 0 Å². The van der Waals surface area contributed by atoms with Crippen molar-refractivity contribution in [3.8, 4) is 0 Å². The first-order valence-corrected chi connectivity index (χ1v) is 8.31. The minimum Gasteiger partial charge on any atom is -0.378 e. The molecule has 4 nitrogen and oxygen atoms in total. The molecule has 2 heterocycles. The molecule has 1 atom stereocenters. The van der Waals surface area contributed by atoms with Crippen molar-refractivity contribution in [2.75, 3.05) is 25.5 Å². The number of nitrogens with zero attached hydrogens (tertiary/aromatic N) is 3. The van der Waals surface area contributed by atoms with E-state index >= 15 is 0 Å². The molecule has 4 heteroatoms. The molecule has 0 radical (unpaired) electrons. The third-order valence-electron chi connectivity index (χ3n) is 4.41. The van der Waals surface area contributed by atoms with Crippen LogP contribution >= 0.6 is 0 Å². The SMILES string of the molecule is CN(C)c1cccc([C@@H]2CCCN2C(=O)/C=C\c2cccnc2)c1. The number of likely N-dealkylation sites (tertiary alicyclic amines) is 1. The minimum absolute atomic E-state index is 0.0663. The van der Waals surface area contributed by atoms with Crippen LogP contribution in [0.2, 0.25) is 0 Å². The summed E-state index contributed by atoms with van der Waals surface area (Å²) in [5.74, 6) is 0.0663. The second kappa shape index (κ2) is 7.30. The number of aromatic nitrogens is 1. The summed E-state index contributed by atoms with van der Waals surface area (Å²) < 4.78 is 0. The Morgan fingerprint density at radius 1 is 1.29 bits per heavy atom. The molecule has 0 bridgehead atoms. The summed E-state index contributed by atoms with van der Waals surface area (Å²) in [6.07, 6.45) is 9.04. The molecule has 0 unspecified atom stereocenters. The average molecular weight is 321 g/mol. The van der Waals surface area contributed by atoms with Gasteiger partial charge in [0.25, 0.3) is 0 Å². The van der Waals surface area contributed by atoms with Crippen LogP contribution in [0.15, 0.2) is 54.9 Å². The molecule has 1 aromatic carbocycles. The van der Waals surface area contributed by atoms with Crippen molar-refractivity contribution in [1.82, 2.24) is 9.88 Å². The summed E-state index contributed by atoms with van der Waals surface area (Å²) in [6.45, 7) is 0.813. The van der Waals surface area contributed by atoms with Gasteiger partial charge in [-0.1, -0.05) is 18.2 Å². The van der Waals surface area contributed by atoms with Gasteiger partial charge in [0, 0.05) is 44.8 Å². The predicted octanol–water partition coefficient (Wildman–Crippen LogP) is 3.52. The van der Waals surface area contributed by atoms with E-state index in [1.54, 1.807) is 18.5 Å². The normalized spacial score (nSPS) is 17.4. The third kappa shape index (κ3) is 3.65. The number of rotatable bonds is 4. The van der Waals surface area contributed by atoms with Gasteiger partial charge in [0.15, 0.2) is 0 Å². The third-order valence-corrected chi connectivity index (χ3v) is 4.41. The number of amides is 1. The van der Waals surface area contributed by atoms with E-state index in [-0.39, 0.29) is 11.9 Å². The zero-order valence-electron chi connectivity index (χ0n) is 14.2. The van der Waals surface area contributed by atoms with Gasteiger partial charge in [-0.05, 0) is 48.2 Å². The Kier molecular flexibility index (Phi) is 4.94. The maximum absolute atomic E-state index is 12.6. The molecule has 1 amide bonds. The molecule has 0 spiro atoms. The molecule has 1 aromatic heterocycles. The Morgan fingerprint density at radius 3 is 2.92 bits per heavy atom. The largest absolute Gasteiger partial charge is 0.378 e. The molecule has 1 fully saturated rings. The Bertz CT molecular complexity index is 725. The van der Waals surface area contributed by atoms with Crippen LogP contribution in [-0.4, -0.2) is 36.4 Å². The monoisotopic (exact) mass is 321 g/mol. The summed E-state index contributed by atoms with van der Waals surface area (Å²) >= 11 is 0. The minimum atomic E-state index is 0.0663. The second-order valence-electron chi connectivity index (χ2n) is 6.30. The molecule has 1 saturated heterocycles. The standard InChI is InChI=1S/C20H23N3O/c1-22(2)18-8-3-7-17(14-18)19-9-5-13-23(19)20(24)11-10-16-6-4-12-21-15-16/h3-4,6-8,10-12,14-15,19H,5,9,13H2,1-2H3/b11-10-/t19-/m0/s1. The first-order valence-electron chi connectivity index (χ1n) is 8.31. The lowest BCUT2D eigenvalue weighted by Gasteiger charge is -2.25. The number of anilines is 1. The lowest BCUT2D eigenvalue weighted by molar-refractivity contribution is -0.126. The highest BCUT2D eigenvalue weighted by molar-refractivity contribution is 5.92. The summed E-state index contributed by atoms with van der Waals surface area (Å²) in [5.41, 5.74) is 3.32. The number of carbonyl (C=O) groups excluding carboxylic acids is 1. The van der Waals surface area contributed by atoms with Gasteiger partial charge >= 0.3 is 0 Å². The predicted molar refractivity (Wildman–Crippen MR) is 97.7 cm³/mol. The fourth-order valence-corrected chi connectivity index (χ4v) is 3.13. The van der Waals surface area contributed by atoms with Gasteiger partial charge in [0.1, 0.15) is 0 Å². The number of benzene rings is 1. The van der Waals surface area contributed by atoms with E-state index in [0.29, 0.717) is 0 Å². The average Bonchev–Trinajstić information content (AvgIpc) is 3.10.